The van der Waals surface area contributed by atoms with E-state index < -0.39 is 7.60 Å². The maximum absolute atomic E-state index is 10.1. The molecule has 0 fully saturated rings. The second-order valence-corrected chi connectivity index (χ2v) is 3.23. The third-order valence-electron chi connectivity index (χ3n) is 0.553. The van der Waals surface area contributed by atoms with Gasteiger partial charge < -0.3 is 9.79 Å². The molecule has 4 heteroatoms. The topological polar surface area (TPSA) is 57.5 Å². The first-order chi connectivity index (χ1) is 3.92. The van der Waals surface area contributed by atoms with E-state index in [1.165, 1.54) is 6.08 Å². The second-order valence-electron chi connectivity index (χ2n) is 1.75. The van der Waals surface area contributed by atoms with E-state index in [9.17, 15) is 4.57 Å². The Kier molecular flexibility index (Phi) is 2.85. The molecule has 0 rings (SSSR count). The minimum atomic E-state index is -3.96. The Morgan fingerprint density at radius 3 is 2.22 bits per heavy atom. The van der Waals surface area contributed by atoms with E-state index in [1.807, 2.05) is 0 Å². The van der Waals surface area contributed by atoms with Crippen LogP contribution in [0.4, 0.5) is 0 Å². The molecule has 0 aliphatic heterocycles. The predicted molar refractivity (Wildman–Crippen MR) is 36.0 cm³/mol. The Morgan fingerprint density at radius 2 is 2.11 bits per heavy atom. The van der Waals surface area contributed by atoms with E-state index >= 15 is 0 Å². The molecule has 0 amide bonds. The molecular weight excluding hydrogens is 139 g/mol. The van der Waals surface area contributed by atoms with E-state index in [-0.39, 0.29) is 0 Å². The highest BCUT2D eigenvalue weighted by molar-refractivity contribution is 7.55. The maximum atomic E-state index is 10.1. The van der Waals surface area contributed by atoms with Crippen molar-refractivity contribution in [2.45, 2.75) is 6.92 Å². The van der Waals surface area contributed by atoms with Gasteiger partial charge in [0.15, 0.2) is 0 Å². The van der Waals surface area contributed by atoms with Crippen molar-refractivity contribution in [3.63, 3.8) is 0 Å². The van der Waals surface area contributed by atoms with E-state index in [0.717, 1.165) is 5.82 Å². The maximum Gasteiger partial charge on any atom is 0.349 e. The summed E-state index contributed by atoms with van der Waals surface area (Å²) in [7, 11) is -3.96. The third kappa shape index (κ3) is 7.63. The Hall–Kier alpha value is -0.370. The average Bonchev–Trinajstić information content (AvgIpc) is 1.59. The van der Waals surface area contributed by atoms with Crippen LogP contribution in [0.1, 0.15) is 6.92 Å². The first-order valence-corrected chi connectivity index (χ1v) is 4.00. The third-order valence-corrected chi connectivity index (χ3v) is 1.09. The second kappa shape index (κ2) is 2.97. The predicted octanol–water partition coefficient (Wildman–Crippen LogP) is 1.25. The van der Waals surface area contributed by atoms with Crippen molar-refractivity contribution in [3.05, 3.63) is 24.0 Å². The molecule has 0 aliphatic carbocycles. The molecule has 9 heavy (non-hydrogen) atoms. The molecular formula is C5H9O3P. The first-order valence-electron chi connectivity index (χ1n) is 2.32. The van der Waals surface area contributed by atoms with E-state index in [2.05, 4.69) is 6.58 Å². The van der Waals surface area contributed by atoms with Gasteiger partial charge in [0.1, 0.15) is 0 Å². The quantitative estimate of drug-likeness (QED) is 0.457. The van der Waals surface area contributed by atoms with Gasteiger partial charge in [-0.2, -0.15) is 0 Å². The van der Waals surface area contributed by atoms with Gasteiger partial charge in [-0.15, -0.1) is 0 Å². The lowest BCUT2D eigenvalue weighted by atomic mass is 10.4. The Bertz CT molecular complexity index is 177. The standard InChI is InChI=1S/C5H9O3P/c1-5(2)3-4-9(6,7)8/h3-4H,1H2,2H3,(H2,6,7,8). The normalized spacial score (nSPS) is 12.3. The summed E-state index contributed by atoms with van der Waals surface area (Å²) in [5.41, 5.74) is 0.623. The molecule has 2 N–H and O–H groups in total. The van der Waals surface area contributed by atoms with Crippen molar-refractivity contribution in [2.24, 2.45) is 0 Å². The zero-order valence-electron chi connectivity index (χ0n) is 5.11. The van der Waals surface area contributed by atoms with Crippen molar-refractivity contribution in [3.8, 4) is 0 Å². The zero-order chi connectivity index (χ0) is 7.49. The summed E-state index contributed by atoms with van der Waals surface area (Å²) >= 11 is 0. The van der Waals surface area contributed by atoms with Crippen molar-refractivity contribution >= 4 is 7.60 Å². The van der Waals surface area contributed by atoms with Gasteiger partial charge in [0, 0.05) is 5.82 Å². The molecule has 52 valence electrons. The SMILES string of the molecule is C=C(C)C=CP(=O)(O)O. The molecule has 0 unspecified atom stereocenters. The summed E-state index contributed by atoms with van der Waals surface area (Å²) in [5.74, 6) is 0.829. The summed E-state index contributed by atoms with van der Waals surface area (Å²) in [6, 6.07) is 0. The van der Waals surface area contributed by atoms with Gasteiger partial charge in [0.25, 0.3) is 0 Å². The lowest BCUT2D eigenvalue weighted by Gasteiger charge is -1.92. The largest absolute Gasteiger partial charge is 0.349 e. The molecule has 0 saturated carbocycles. The summed E-state index contributed by atoms with van der Waals surface area (Å²) in [4.78, 5) is 16.5. The Morgan fingerprint density at radius 1 is 1.67 bits per heavy atom. The van der Waals surface area contributed by atoms with Crippen molar-refractivity contribution in [1.82, 2.24) is 0 Å². The smallest absolute Gasteiger partial charge is 0.321 e. The number of hydrogen-bond acceptors (Lipinski definition) is 1. The minimum absolute atomic E-state index is 0.623. The van der Waals surface area contributed by atoms with Gasteiger partial charge in [-0.3, -0.25) is 4.57 Å². The van der Waals surface area contributed by atoms with Crippen LogP contribution in [0.25, 0.3) is 0 Å². The minimum Gasteiger partial charge on any atom is -0.321 e. The highest BCUT2D eigenvalue weighted by Crippen LogP contribution is 2.36. The molecule has 0 bridgehead atoms. The molecule has 0 saturated heterocycles. The van der Waals surface area contributed by atoms with Crippen molar-refractivity contribution in [2.75, 3.05) is 0 Å². The molecule has 0 radical (unpaired) electrons. The Balaban J connectivity index is 4.02. The van der Waals surface area contributed by atoms with Crippen molar-refractivity contribution < 1.29 is 14.4 Å². The van der Waals surface area contributed by atoms with Gasteiger partial charge in [-0.25, -0.2) is 0 Å². The van der Waals surface area contributed by atoms with E-state index in [1.54, 1.807) is 6.92 Å². The fourth-order valence-electron chi connectivity index (χ4n) is 0.224. The van der Waals surface area contributed by atoms with Crippen molar-refractivity contribution in [1.29, 1.82) is 0 Å². The highest BCUT2D eigenvalue weighted by Gasteiger charge is 2.03. The monoisotopic (exact) mass is 148 g/mol. The highest BCUT2D eigenvalue weighted by atomic mass is 31.2. The van der Waals surface area contributed by atoms with Crippen LogP contribution in [0.3, 0.4) is 0 Å². The van der Waals surface area contributed by atoms with Gasteiger partial charge in [0.2, 0.25) is 0 Å². The first kappa shape index (κ1) is 8.63. The van der Waals surface area contributed by atoms with E-state index in [0.29, 0.717) is 5.57 Å². The lowest BCUT2D eigenvalue weighted by Crippen LogP contribution is -1.68. The van der Waals surface area contributed by atoms with Gasteiger partial charge >= 0.3 is 7.60 Å². The molecule has 0 aliphatic rings. The molecule has 0 aromatic heterocycles. The van der Waals surface area contributed by atoms with Gasteiger partial charge in [-0.1, -0.05) is 18.2 Å². The number of hydrogen-bond donors (Lipinski definition) is 2. The molecule has 3 nitrogen and oxygen atoms in total. The fourth-order valence-corrected chi connectivity index (χ4v) is 0.673. The molecule has 0 atom stereocenters. The van der Waals surface area contributed by atoms with Crippen LogP contribution < -0.4 is 0 Å². The summed E-state index contributed by atoms with van der Waals surface area (Å²) in [5, 5.41) is 0. The van der Waals surface area contributed by atoms with E-state index in [4.69, 9.17) is 9.79 Å². The fraction of sp³-hybridized carbons (Fsp3) is 0.200. The molecule has 0 aromatic carbocycles. The summed E-state index contributed by atoms with van der Waals surface area (Å²) in [6.45, 7) is 5.09. The Labute approximate surface area is 53.9 Å². The molecule has 0 heterocycles. The van der Waals surface area contributed by atoms with Crippen LogP contribution in [-0.4, -0.2) is 9.79 Å². The number of allylic oxidation sites excluding steroid dienone is 2. The van der Waals surface area contributed by atoms with Crippen LogP contribution in [0, 0.1) is 0 Å². The molecule has 0 aromatic rings. The average molecular weight is 148 g/mol. The van der Waals surface area contributed by atoms with Crippen LogP contribution in [0.2, 0.25) is 0 Å². The van der Waals surface area contributed by atoms with Gasteiger partial charge in [-0.05, 0) is 6.92 Å². The van der Waals surface area contributed by atoms with Crippen LogP contribution >= 0.6 is 7.60 Å². The summed E-state index contributed by atoms with van der Waals surface area (Å²) < 4.78 is 10.1. The molecule has 0 spiro atoms. The van der Waals surface area contributed by atoms with Crippen LogP contribution in [-0.2, 0) is 4.57 Å². The number of rotatable bonds is 2. The van der Waals surface area contributed by atoms with Crippen LogP contribution in [0.15, 0.2) is 24.0 Å². The zero-order valence-corrected chi connectivity index (χ0v) is 6.01. The van der Waals surface area contributed by atoms with Crippen LogP contribution in [0.5, 0.6) is 0 Å². The summed E-state index contributed by atoms with van der Waals surface area (Å²) in [6.07, 6.45) is 1.29. The van der Waals surface area contributed by atoms with Gasteiger partial charge in [0.05, 0.1) is 0 Å². The lowest BCUT2D eigenvalue weighted by molar-refractivity contribution is 0.386.